The molecule has 1 amide bonds. The number of carbonyl (C=O) groups excluding carboxylic acids is 1. The number of imidazole rings is 1. The second-order valence-electron chi connectivity index (χ2n) is 6.21. The quantitative estimate of drug-likeness (QED) is 0.419. The molecule has 0 saturated heterocycles. The van der Waals surface area contributed by atoms with Gasteiger partial charge in [-0.2, -0.15) is 0 Å². The summed E-state index contributed by atoms with van der Waals surface area (Å²) >= 11 is 6.48. The van der Waals surface area contributed by atoms with E-state index in [0.717, 1.165) is 19.9 Å². The molecule has 4 rings (SSSR count). The fraction of sp³-hybridized carbons (Fsp3) is 0.150. The molecule has 3 aromatic heterocycles. The number of nitrogens with zero attached hydrogens (tertiary/aromatic N) is 3. The fourth-order valence-electron chi connectivity index (χ4n) is 2.96. The number of rotatable bonds is 6. The Morgan fingerprint density at radius 1 is 1.28 bits per heavy atom. The Morgan fingerprint density at radius 2 is 2.10 bits per heavy atom. The van der Waals surface area contributed by atoms with Crippen molar-refractivity contribution in [2.45, 2.75) is 6.04 Å². The van der Waals surface area contributed by atoms with Gasteiger partial charge < -0.3 is 14.6 Å². The SMILES string of the molecule is COc1ccccc1C(NC(=O)c1csc(-c2cc(Br)cs2)n1)c1nccn1C. The van der Waals surface area contributed by atoms with Crippen LogP contribution in [0.4, 0.5) is 0 Å². The predicted molar refractivity (Wildman–Crippen MR) is 119 cm³/mol. The van der Waals surface area contributed by atoms with Crippen LogP contribution in [0.15, 0.2) is 58.0 Å². The molecule has 0 fully saturated rings. The monoisotopic (exact) mass is 488 g/mol. The fourth-order valence-corrected chi connectivity index (χ4v) is 5.27. The highest BCUT2D eigenvalue weighted by Gasteiger charge is 2.25. The normalized spacial score (nSPS) is 12.0. The van der Waals surface area contributed by atoms with E-state index in [1.807, 2.05) is 53.5 Å². The third-order valence-electron chi connectivity index (χ3n) is 4.36. The minimum Gasteiger partial charge on any atom is -0.496 e. The molecule has 0 aliphatic carbocycles. The molecule has 9 heteroatoms. The van der Waals surface area contributed by atoms with E-state index < -0.39 is 6.04 Å². The van der Waals surface area contributed by atoms with E-state index in [2.05, 4.69) is 31.2 Å². The first kappa shape index (κ1) is 19.8. The molecule has 1 aromatic carbocycles. The van der Waals surface area contributed by atoms with Crippen LogP contribution < -0.4 is 10.1 Å². The van der Waals surface area contributed by atoms with Crippen LogP contribution in [0.3, 0.4) is 0 Å². The molecule has 0 aliphatic heterocycles. The molecule has 6 nitrogen and oxygen atoms in total. The lowest BCUT2D eigenvalue weighted by Gasteiger charge is -2.20. The Hall–Kier alpha value is -2.49. The van der Waals surface area contributed by atoms with Gasteiger partial charge in [0.15, 0.2) is 0 Å². The van der Waals surface area contributed by atoms with Crippen molar-refractivity contribution >= 4 is 44.5 Å². The zero-order valence-corrected chi connectivity index (χ0v) is 18.8. The van der Waals surface area contributed by atoms with Crippen molar-refractivity contribution in [3.8, 4) is 15.6 Å². The smallest absolute Gasteiger partial charge is 0.271 e. The number of benzene rings is 1. The van der Waals surface area contributed by atoms with Gasteiger partial charge in [0.25, 0.3) is 5.91 Å². The number of nitrogens with one attached hydrogen (secondary N) is 1. The number of halogens is 1. The highest BCUT2D eigenvalue weighted by molar-refractivity contribution is 9.10. The maximum Gasteiger partial charge on any atom is 0.271 e. The summed E-state index contributed by atoms with van der Waals surface area (Å²) < 4.78 is 8.40. The van der Waals surface area contributed by atoms with Crippen molar-refractivity contribution in [3.63, 3.8) is 0 Å². The van der Waals surface area contributed by atoms with Gasteiger partial charge in [0.05, 0.1) is 12.0 Å². The van der Waals surface area contributed by atoms with Gasteiger partial charge in [-0.05, 0) is 28.1 Å². The zero-order valence-electron chi connectivity index (χ0n) is 15.6. The van der Waals surface area contributed by atoms with Crippen LogP contribution in [0, 0.1) is 0 Å². The average molecular weight is 489 g/mol. The Kier molecular flexibility index (Phi) is 5.79. The summed E-state index contributed by atoms with van der Waals surface area (Å²) in [5.41, 5.74) is 1.21. The maximum atomic E-state index is 13.0. The van der Waals surface area contributed by atoms with Crippen molar-refractivity contribution < 1.29 is 9.53 Å². The van der Waals surface area contributed by atoms with E-state index in [1.165, 1.54) is 11.3 Å². The number of amides is 1. The minimum atomic E-state index is -0.473. The molecule has 0 aliphatic rings. The Balaban J connectivity index is 1.65. The van der Waals surface area contributed by atoms with Crippen LogP contribution in [0.1, 0.15) is 27.9 Å². The number of carbonyl (C=O) groups is 1. The highest BCUT2D eigenvalue weighted by Crippen LogP contribution is 2.33. The number of para-hydroxylation sites is 1. The summed E-state index contributed by atoms with van der Waals surface area (Å²) in [4.78, 5) is 23.0. The molecule has 3 heterocycles. The van der Waals surface area contributed by atoms with Crippen molar-refractivity contribution in [1.29, 1.82) is 0 Å². The second kappa shape index (κ2) is 8.48. The summed E-state index contributed by atoms with van der Waals surface area (Å²) in [5.74, 6) is 1.13. The number of hydrogen-bond acceptors (Lipinski definition) is 6. The summed E-state index contributed by atoms with van der Waals surface area (Å²) in [7, 11) is 3.51. The van der Waals surface area contributed by atoms with E-state index in [4.69, 9.17) is 4.74 Å². The van der Waals surface area contributed by atoms with Crippen molar-refractivity contribution in [3.05, 3.63) is 75.0 Å². The maximum absolute atomic E-state index is 13.0. The van der Waals surface area contributed by atoms with Gasteiger partial charge in [-0.3, -0.25) is 4.79 Å². The lowest BCUT2D eigenvalue weighted by atomic mass is 10.0. The molecule has 1 N–H and O–H groups in total. The van der Waals surface area contributed by atoms with Crippen molar-refractivity contribution in [1.82, 2.24) is 19.9 Å². The van der Waals surface area contributed by atoms with Crippen LogP contribution in [-0.2, 0) is 7.05 Å². The zero-order chi connectivity index (χ0) is 20.4. The number of hydrogen-bond donors (Lipinski definition) is 1. The summed E-state index contributed by atoms with van der Waals surface area (Å²) in [6.07, 6.45) is 3.55. The van der Waals surface area contributed by atoms with Crippen LogP contribution in [-0.4, -0.2) is 27.6 Å². The molecule has 1 atom stereocenters. The number of aromatic nitrogens is 3. The molecular weight excluding hydrogens is 472 g/mol. The van der Waals surface area contributed by atoms with Gasteiger partial charge >= 0.3 is 0 Å². The van der Waals surface area contributed by atoms with Gasteiger partial charge in [-0.1, -0.05) is 18.2 Å². The molecule has 148 valence electrons. The average Bonchev–Trinajstić information content (AvgIpc) is 3.47. The lowest BCUT2D eigenvalue weighted by molar-refractivity contribution is 0.0936. The first-order valence-electron chi connectivity index (χ1n) is 8.67. The Bertz CT molecular complexity index is 1150. The number of aryl methyl sites for hydroxylation is 1. The Morgan fingerprint density at radius 3 is 2.79 bits per heavy atom. The second-order valence-corrected chi connectivity index (χ2v) is 8.90. The first-order chi connectivity index (χ1) is 14.1. The first-order valence-corrected chi connectivity index (χ1v) is 11.2. The van der Waals surface area contributed by atoms with Gasteiger partial charge in [0, 0.05) is 40.2 Å². The third-order valence-corrected chi connectivity index (χ3v) is 7.06. The summed E-state index contributed by atoms with van der Waals surface area (Å²) in [5, 5.41) is 7.66. The van der Waals surface area contributed by atoms with Crippen molar-refractivity contribution in [2.75, 3.05) is 7.11 Å². The molecule has 1 unspecified atom stereocenters. The minimum absolute atomic E-state index is 0.262. The highest BCUT2D eigenvalue weighted by atomic mass is 79.9. The lowest BCUT2D eigenvalue weighted by Crippen LogP contribution is -2.31. The van der Waals surface area contributed by atoms with Crippen LogP contribution in [0.5, 0.6) is 5.75 Å². The van der Waals surface area contributed by atoms with E-state index in [1.54, 1.807) is 30.0 Å². The molecule has 4 aromatic rings. The Labute approximate surface area is 184 Å². The molecule has 0 saturated carbocycles. The van der Waals surface area contributed by atoms with Gasteiger partial charge in [-0.25, -0.2) is 9.97 Å². The molecule has 0 spiro atoms. The van der Waals surface area contributed by atoms with E-state index in [-0.39, 0.29) is 5.91 Å². The van der Waals surface area contributed by atoms with Gasteiger partial charge in [0.2, 0.25) is 0 Å². The van der Waals surface area contributed by atoms with Gasteiger partial charge in [-0.15, -0.1) is 22.7 Å². The number of thiophene rings is 1. The van der Waals surface area contributed by atoms with E-state index in [0.29, 0.717) is 17.3 Å². The molecule has 0 bridgehead atoms. The molecule has 29 heavy (non-hydrogen) atoms. The standard InChI is InChI=1S/C20H17BrN4O2S2/c1-25-8-7-22-18(25)17(13-5-3-4-6-15(13)27-2)24-19(26)14-11-29-20(23-14)16-9-12(21)10-28-16/h3-11,17H,1-2H3,(H,24,26). The third kappa shape index (κ3) is 4.12. The van der Waals surface area contributed by atoms with Crippen molar-refractivity contribution in [2.24, 2.45) is 7.05 Å². The number of methoxy groups -OCH3 is 1. The molecular formula is C20H17BrN4O2S2. The largest absolute Gasteiger partial charge is 0.496 e. The topological polar surface area (TPSA) is 69.0 Å². The van der Waals surface area contributed by atoms with E-state index >= 15 is 0 Å². The number of thiazole rings is 1. The summed E-state index contributed by atoms with van der Waals surface area (Å²) in [6.45, 7) is 0. The number of ether oxygens (including phenoxy) is 1. The van der Waals surface area contributed by atoms with Crippen LogP contribution in [0.25, 0.3) is 9.88 Å². The molecule has 0 radical (unpaired) electrons. The van der Waals surface area contributed by atoms with Crippen LogP contribution >= 0.6 is 38.6 Å². The van der Waals surface area contributed by atoms with Gasteiger partial charge in [0.1, 0.15) is 28.3 Å². The predicted octanol–water partition coefficient (Wildman–Crippen LogP) is 4.90. The van der Waals surface area contributed by atoms with E-state index in [9.17, 15) is 4.79 Å². The summed E-state index contributed by atoms with van der Waals surface area (Å²) in [6, 6.07) is 9.12. The van der Waals surface area contributed by atoms with Crippen LogP contribution in [0.2, 0.25) is 0 Å².